The molecule has 0 aliphatic carbocycles. The third-order valence-corrected chi connectivity index (χ3v) is 3.53. The number of hydrogen-bond acceptors (Lipinski definition) is 3. The lowest BCUT2D eigenvalue weighted by Crippen LogP contribution is -2.32. The van der Waals surface area contributed by atoms with Crippen LogP contribution >= 0.6 is 0 Å². The molecule has 0 bridgehead atoms. The highest BCUT2D eigenvalue weighted by Crippen LogP contribution is 2.14. The molecular weight excluding hydrogens is 252 g/mol. The molecule has 0 aromatic heterocycles. The van der Waals surface area contributed by atoms with Crippen LogP contribution in [0.2, 0.25) is 0 Å². The van der Waals surface area contributed by atoms with Crippen LogP contribution in [0.25, 0.3) is 0 Å². The molecule has 2 atom stereocenters. The molecule has 0 radical (unpaired) electrons. The first kappa shape index (κ1) is 15.0. The van der Waals surface area contributed by atoms with E-state index in [1.54, 1.807) is 0 Å². The first-order chi connectivity index (χ1) is 9.74. The van der Waals surface area contributed by atoms with Crippen molar-refractivity contribution in [3.05, 3.63) is 30.3 Å². The van der Waals surface area contributed by atoms with Crippen molar-refractivity contribution in [2.75, 3.05) is 18.5 Å². The van der Waals surface area contributed by atoms with Crippen molar-refractivity contribution in [2.24, 2.45) is 0 Å². The van der Waals surface area contributed by atoms with Gasteiger partial charge in [-0.3, -0.25) is 4.79 Å². The minimum atomic E-state index is 0.0494. The van der Waals surface area contributed by atoms with Gasteiger partial charge in [0, 0.05) is 24.8 Å². The summed E-state index contributed by atoms with van der Waals surface area (Å²) in [5.74, 6) is 0.0494. The summed E-state index contributed by atoms with van der Waals surface area (Å²) in [4.78, 5) is 11.9. The van der Waals surface area contributed by atoms with Gasteiger partial charge in [0.15, 0.2) is 0 Å². The first-order valence-corrected chi connectivity index (χ1v) is 7.44. The molecule has 1 aromatic rings. The Bertz CT molecular complexity index is 402. The lowest BCUT2D eigenvalue weighted by Gasteiger charge is -2.15. The van der Waals surface area contributed by atoms with Crippen LogP contribution in [0.1, 0.15) is 32.6 Å². The maximum Gasteiger partial charge on any atom is 0.225 e. The summed E-state index contributed by atoms with van der Waals surface area (Å²) in [6.45, 7) is 3.85. The lowest BCUT2D eigenvalue weighted by atomic mass is 10.1. The van der Waals surface area contributed by atoms with E-state index in [0.717, 1.165) is 25.3 Å². The number of hydrogen-bond donors (Lipinski definition) is 2. The highest BCUT2D eigenvalue weighted by molar-refractivity contribution is 5.90. The van der Waals surface area contributed by atoms with E-state index in [1.165, 1.54) is 12.8 Å². The molecule has 4 heteroatoms. The zero-order valence-electron chi connectivity index (χ0n) is 12.1. The van der Waals surface area contributed by atoms with E-state index in [-0.39, 0.29) is 11.9 Å². The van der Waals surface area contributed by atoms with Crippen LogP contribution in [0.15, 0.2) is 30.3 Å². The predicted octanol–water partition coefficient (Wildman–Crippen LogP) is 2.56. The minimum absolute atomic E-state index is 0.0494. The Morgan fingerprint density at radius 1 is 1.40 bits per heavy atom. The Balaban J connectivity index is 1.60. The number of anilines is 1. The van der Waals surface area contributed by atoms with Crippen molar-refractivity contribution in [1.29, 1.82) is 0 Å². The summed E-state index contributed by atoms with van der Waals surface area (Å²) in [5.41, 5.74) is 0.851. The normalized spacial score (nSPS) is 19.8. The van der Waals surface area contributed by atoms with Crippen LogP contribution in [0.5, 0.6) is 0 Å². The summed E-state index contributed by atoms with van der Waals surface area (Å²) in [6, 6.07) is 9.74. The first-order valence-electron chi connectivity index (χ1n) is 7.44. The lowest BCUT2D eigenvalue weighted by molar-refractivity contribution is -0.116. The molecule has 1 aliphatic rings. The van der Waals surface area contributed by atoms with Crippen LogP contribution < -0.4 is 10.6 Å². The second-order valence-corrected chi connectivity index (χ2v) is 5.40. The molecule has 0 saturated carbocycles. The number of para-hydroxylation sites is 1. The van der Waals surface area contributed by atoms with Gasteiger partial charge >= 0.3 is 0 Å². The third kappa shape index (κ3) is 5.31. The Hall–Kier alpha value is -1.39. The largest absolute Gasteiger partial charge is 0.378 e. The van der Waals surface area contributed by atoms with Gasteiger partial charge < -0.3 is 15.4 Å². The molecule has 0 unspecified atom stereocenters. The molecular formula is C16H24N2O2. The van der Waals surface area contributed by atoms with Crippen LogP contribution in [0.3, 0.4) is 0 Å². The molecule has 1 saturated heterocycles. The maximum atomic E-state index is 11.9. The number of carbonyl (C=O) groups is 1. The molecule has 2 N–H and O–H groups in total. The quantitative estimate of drug-likeness (QED) is 0.804. The Kier molecular flexibility index (Phi) is 6.02. The van der Waals surface area contributed by atoms with E-state index >= 15 is 0 Å². The van der Waals surface area contributed by atoms with Crippen molar-refractivity contribution in [1.82, 2.24) is 5.32 Å². The van der Waals surface area contributed by atoms with Crippen LogP contribution in [-0.2, 0) is 9.53 Å². The van der Waals surface area contributed by atoms with Crippen molar-refractivity contribution in [3.8, 4) is 0 Å². The Morgan fingerprint density at radius 2 is 2.20 bits per heavy atom. The van der Waals surface area contributed by atoms with Gasteiger partial charge in [0.25, 0.3) is 0 Å². The standard InChI is InChI=1S/C16H24N2O2/c1-13(17-10-9-15-8-5-11-20-15)12-16(19)18-14-6-3-2-4-7-14/h2-4,6-7,13,15,17H,5,8-12H2,1H3,(H,18,19)/t13-,15-/m0/s1. The molecule has 1 aromatic carbocycles. The summed E-state index contributed by atoms with van der Waals surface area (Å²) in [7, 11) is 0. The predicted molar refractivity (Wildman–Crippen MR) is 80.7 cm³/mol. The van der Waals surface area contributed by atoms with Crippen LogP contribution in [0.4, 0.5) is 5.69 Å². The van der Waals surface area contributed by atoms with Gasteiger partial charge in [0.2, 0.25) is 5.91 Å². The molecule has 4 nitrogen and oxygen atoms in total. The zero-order chi connectivity index (χ0) is 14.2. The van der Waals surface area contributed by atoms with Gasteiger partial charge in [-0.1, -0.05) is 18.2 Å². The highest BCUT2D eigenvalue weighted by atomic mass is 16.5. The number of carbonyl (C=O) groups excluding carboxylic acids is 1. The molecule has 1 aliphatic heterocycles. The smallest absolute Gasteiger partial charge is 0.225 e. The zero-order valence-corrected chi connectivity index (χ0v) is 12.1. The molecule has 1 amide bonds. The second-order valence-electron chi connectivity index (χ2n) is 5.40. The number of benzene rings is 1. The Morgan fingerprint density at radius 3 is 2.90 bits per heavy atom. The molecule has 0 spiro atoms. The second kappa shape index (κ2) is 8.02. The van der Waals surface area contributed by atoms with E-state index in [4.69, 9.17) is 4.74 Å². The molecule has 1 heterocycles. The van der Waals surface area contributed by atoms with E-state index in [2.05, 4.69) is 10.6 Å². The van der Waals surface area contributed by atoms with Gasteiger partial charge in [-0.2, -0.15) is 0 Å². The Labute approximate surface area is 120 Å². The van der Waals surface area contributed by atoms with Gasteiger partial charge in [0.1, 0.15) is 0 Å². The van der Waals surface area contributed by atoms with Crippen molar-refractivity contribution in [3.63, 3.8) is 0 Å². The topological polar surface area (TPSA) is 50.4 Å². The maximum absolute atomic E-state index is 11.9. The van der Waals surface area contributed by atoms with E-state index in [9.17, 15) is 4.79 Å². The number of amides is 1. The molecule has 110 valence electrons. The summed E-state index contributed by atoms with van der Waals surface area (Å²) >= 11 is 0. The molecule has 1 fully saturated rings. The van der Waals surface area contributed by atoms with Gasteiger partial charge in [0.05, 0.1) is 6.10 Å². The van der Waals surface area contributed by atoms with Crippen molar-refractivity contribution >= 4 is 11.6 Å². The summed E-state index contributed by atoms with van der Waals surface area (Å²) in [5, 5.41) is 6.29. The minimum Gasteiger partial charge on any atom is -0.378 e. The van der Waals surface area contributed by atoms with E-state index < -0.39 is 0 Å². The van der Waals surface area contributed by atoms with Gasteiger partial charge in [-0.15, -0.1) is 0 Å². The summed E-state index contributed by atoms with van der Waals surface area (Å²) < 4.78 is 5.58. The fourth-order valence-electron chi connectivity index (χ4n) is 2.45. The fourth-order valence-corrected chi connectivity index (χ4v) is 2.45. The molecule has 2 rings (SSSR count). The SMILES string of the molecule is C[C@@H](CC(=O)Nc1ccccc1)NCC[C@@H]1CCCO1. The monoisotopic (exact) mass is 276 g/mol. The van der Waals surface area contributed by atoms with E-state index in [0.29, 0.717) is 12.5 Å². The number of ether oxygens (including phenoxy) is 1. The molecule has 20 heavy (non-hydrogen) atoms. The average Bonchev–Trinajstić information content (AvgIpc) is 2.93. The van der Waals surface area contributed by atoms with Gasteiger partial charge in [-0.25, -0.2) is 0 Å². The highest BCUT2D eigenvalue weighted by Gasteiger charge is 2.15. The van der Waals surface area contributed by atoms with E-state index in [1.807, 2.05) is 37.3 Å². The van der Waals surface area contributed by atoms with Crippen LogP contribution in [-0.4, -0.2) is 31.2 Å². The number of rotatable bonds is 7. The number of nitrogens with one attached hydrogen (secondary N) is 2. The summed E-state index contributed by atoms with van der Waals surface area (Å²) in [6.07, 6.45) is 4.28. The van der Waals surface area contributed by atoms with Gasteiger partial charge in [-0.05, 0) is 44.9 Å². The average molecular weight is 276 g/mol. The van der Waals surface area contributed by atoms with Crippen LogP contribution in [0, 0.1) is 0 Å². The van der Waals surface area contributed by atoms with Crippen molar-refractivity contribution < 1.29 is 9.53 Å². The fraction of sp³-hybridized carbons (Fsp3) is 0.562. The third-order valence-electron chi connectivity index (χ3n) is 3.53. The van der Waals surface area contributed by atoms with Crippen molar-refractivity contribution in [2.45, 2.75) is 44.8 Å².